The molecular weight excluding hydrogens is 201 g/mol. The largest absolute Gasteiger partial charge is 0.356 e. The van der Waals surface area contributed by atoms with Gasteiger partial charge in [0.05, 0.1) is 5.69 Å². The van der Waals surface area contributed by atoms with Crippen molar-refractivity contribution < 1.29 is 4.39 Å². The lowest BCUT2D eigenvalue weighted by Crippen LogP contribution is -1.90. The molecule has 1 heterocycles. The average Bonchev–Trinajstić information content (AvgIpc) is 2.56. The number of nitrogens with one attached hydrogen (secondary N) is 1. The van der Waals surface area contributed by atoms with Crippen molar-refractivity contribution in [1.82, 2.24) is 4.98 Å². The van der Waals surface area contributed by atoms with E-state index in [9.17, 15) is 4.39 Å². The molecule has 0 amide bonds. The number of hydrogen-bond acceptors (Lipinski definition) is 0. The molecule has 2 rings (SSSR count). The van der Waals surface area contributed by atoms with E-state index in [-0.39, 0.29) is 11.7 Å². The molecular formula is C14H18FN. The predicted molar refractivity (Wildman–Crippen MR) is 66.4 cm³/mol. The fourth-order valence-electron chi connectivity index (χ4n) is 1.95. The Hall–Kier alpha value is -1.31. The summed E-state index contributed by atoms with van der Waals surface area (Å²) in [5.41, 5.74) is 2.78. The normalized spacial score (nSPS) is 11.9. The van der Waals surface area contributed by atoms with Gasteiger partial charge >= 0.3 is 0 Å². The molecule has 0 bridgehead atoms. The molecule has 0 spiro atoms. The second kappa shape index (κ2) is 3.93. The van der Waals surface area contributed by atoms with Crippen molar-refractivity contribution >= 4 is 10.9 Å². The van der Waals surface area contributed by atoms with E-state index >= 15 is 0 Å². The van der Waals surface area contributed by atoms with Gasteiger partial charge < -0.3 is 4.98 Å². The van der Waals surface area contributed by atoms with Gasteiger partial charge in [-0.1, -0.05) is 33.8 Å². The van der Waals surface area contributed by atoms with Crippen LogP contribution in [0.1, 0.15) is 50.8 Å². The molecule has 0 fully saturated rings. The maximum Gasteiger partial charge on any atom is 0.151 e. The first-order chi connectivity index (χ1) is 7.50. The number of fused-ring (bicyclic) bond motifs is 1. The van der Waals surface area contributed by atoms with Crippen LogP contribution in [-0.4, -0.2) is 4.98 Å². The predicted octanol–water partition coefficient (Wildman–Crippen LogP) is 4.55. The lowest BCUT2D eigenvalue weighted by atomic mass is 10.0. The highest BCUT2D eigenvalue weighted by molar-refractivity contribution is 5.82. The van der Waals surface area contributed by atoms with Crippen molar-refractivity contribution in [1.29, 1.82) is 0 Å². The van der Waals surface area contributed by atoms with Crippen molar-refractivity contribution in [3.8, 4) is 0 Å². The van der Waals surface area contributed by atoms with Crippen LogP contribution in [0, 0.1) is 5.82 Å². The summed E-state index contributed by atoms with van der Waals surface area (Å²) in [6.45, 7) is 8.23. The second-order valence-corrected chi connectivity index (χ2v) is 4.97. The Morgan fingerprint density at radius 2 is 1.75 bits per heavy atom. The Labute approximate surface area is 95.7 Å². The molecule has 86 valence electrons. The molecule has 0 aliphatic rings. The highest BCUT2D eigenvalue weighted by Gasteiger charge is 2.14. The molecule has 1 aromatic heterocycles. The number of hydrogen-bond donors (Lipinski definition) is 1. The minimum absolute atomic E-state index is 0.0903. The zero-order chi connectivity index (χ0) is 11.9. The van der Waals surface area contributed by atoms with E-state index in [4.69, 9.17) is 0 Å². The van der Waals surface area contributed by atoms with E-state index < -0.39 is 0 Å². The van der Waals surface area contributed by atoms with Crippen LogP contribution in [0.5, 0.6) is 0 Å². The number of benzene rings is 1. The van der Waals surface area contributed by atoms with E-state index in [0.29, 0.717) is 11.6 Å². The van der Waals surface area contributed by atoms with Crippen molar-refractivity contribution in [3.05, 3.63) is 35.3 Å². The van der Waals surface area contributed by atoms with Crippen molar-refractivity contribution in [3.63, 3.8) is 0 Å². The summed E-state index contributed by atoms with van der Waals surface area (Å²) < 4.78 is 14.1. The molecule has 16 heavy (non-hydrogen) atoms. The second-order valence-electron chi connectivity index (χ2n) is 4.97. The highest BCUT2D eigenvalue weighted by atomic mass is 19.1. The SMILES string of the molecule is CC(C)c1ccc2[nH]c(C(C)C)c(F)c2c1. The lowest BCUT2D eigenvalue weighted by molar-refractivity contribution is 0.605. The minimum Gasteiger partial charge on any atom is -0.356 e. The molecule has 0 radical (unpaired) electrons. The van der Waals surface area contributed by atoms with E-state index in [1.54, 1.807) is 0 Å². The van der Waals surface area contributed by atoms with Crippen LogP contribution in [0.25, 0.3) is 10.9 Å². The van der Waals surface area contributed by atoms with Gasteiger partial charge in [0.15, 0.2) is 5.82 Å². The summed E-state index contributed by atoms with van der Waals surface area (Å²) in [6, 6.07) is 5.99. The molecule has 0 aliphatic carbocycles. The maximum atomic E-state index is 14.1. The maximum absolute atomic E-state index is 14.1. The van der Waals surface area contributed by atoms with Gasteiger partial charge in [-0.2, -0.15) is 0 Å². The van der Waals surface area contributed by atoms with Gasteiger partial charge in [-0.15, -0.1) is 0 Å². The van der Waals surface area contributed by atoms with Crippen LogP contribution >= 0.6 is 0 Å². The molecule has 0 aliphatic heterocycles. The molecule has 1 nitrogen and oxygen atoms in total. The third-order valence-corrected chi connectivity index (χ3v) is 3.03. The van der Waals surface area contributed by atoms with Gasteiger partial charge in [0, 0.05) is 10.9 Å². The van der Waals surface area contributed by atoms with Crippen LogP contribution in [-0.2, 0) is 0 Å². The summed E-state index contributed by atoms with van der Waals surface area (Å²) in [4.78, 5) is 3.15. The van der Waals surface area contributed by atoms with Crippen LogP contribution in [0.3, 0.4) is 0 Å². The van der Waals surface area contributed by atoms with E-state index in [1.165, 1.54) is 5.56 Å². The Morgan fingerprint density at radius 1 is 1.06 bits per heavy atom. The fourth-order valence-corrected chi connectivity index (χ4v) is 1.95. The number of halogens is 1. The monoisotopic (exact) mass is 219 g/mol. The Balaban J connectivity index is 2.64. The first-order valence-electron chi connectivity index (χ1n) is 5.81. The molecule has 0 unspecified atom stereocenters. The number of rotatable bonds is 2. The Bertz CT molecular complexity index is 509. The molecule has 1 N–H and O–H groups in total. The lowest BCUT2D eigenvalue weighted by Gasteiger charge is -2.04. The van der Waals surface area contributed by atoms with Crippen LogP contribution in [0.15, 0.2) is 18.2 Å². The quantitative estimate of drug-likeness (QED) is 0.762. The van der Waals surface area contributed by atoms with Gasteiger partial charge in [0.2, 0.25) is 0 Å². The zero-order valence-corrected chi connectivity index (χ0v) is 10.3. The van der Waals surface area contributed by atoms with Gasteiger partial charge in [-0.25, -0.2) is 4.39 Å². The molecule has 2 heteroatoms. The van der Waals surface area contributed by atoms with E-state index in [1.807, 2.05) is 26.0 Å². The number of aromatic amines is 1. The summed E-state index contributed by atoms with van der Waals surface area (Å²) in [6.07, 6.45) is 0. The molecule has 0 atom stereocenters. The van der Waals surface area contributed by atoms with Crippen LogP contribution in [0.4, 0.5) is 4.39 Å². The van der Waals surface area contributed by atoms with Gasteiger partial charge in [-0.3, -0.25) is 0 Å². The third kappa shape index (κ3) is 1.73. The average molecular weight is 219 g/mol. The Kier molecular flexibility index (Phi) is 2.75. The summed E-state index contributed by atoms with van der Waals surface area (Å²) >= 11 is 0. The standard InChI is InChI=1S/C14H18FN/c1-8(2)10-5-6-12-11(7-10)13(15)14(16-12)9(3)4/h5-9,16H,1-4H3. The topological polar surface area (TPSA) is 15.8 Å². The molecule has 1 aromatic carbocycles. The third-order valence-electron chi connectivity index (χ3n) is 3.03. The first-order valence-corrected chi connectivity index (χ1v) is 5.81. The van der Waals surface area contributed by atoms with Gasteiger partial charge in [0.1, 0.15) is 0 Å². The van der Waals surface area contributed by atoms with Crippen molar-refractivity contribution in [2.75, 3.05) is 0 Å². The van der Waals surface area contributed by atoms with Crippen molar-refractivity contribution in [2.24, 2.45) is 0 Å². The van der Waals surface area contributed by atoms with Gasteiger partial charge in [0.25, 0.3) is 0 Å². The minimum atomic E-state index is -0.0903. The highest BCUT2D eigenvalue weighted by Crippen LogP contribution is 2.28. The van der Waals surface area contributed by atoms with Crippen LogP contribution in [0.2, 0.25) is 0 Å². The smallest absolute Gasteiger partial charge is 0.151 e. The number of H-pyrrole nitrogens is 1. The zero-order valence-electron chi connectivity index (χ0n) is 10.3. The summed E-state index contributed by atoms with van der Waals surface area (Å²) in [7, 11) is 0. The van der Waals surface area contributed by atoms with Crippen molar-refractivity contribution in [2.45, 2.75) is 39.5 Å². The summed E-state index contributed by atoms with van der Waals surface area (Å²) in [5.74, 6) is 0.531. The number of aromatic nitrogens is 1. The Morgan fingerprint density at radius 3 is 2.31 bits per heavy atom. The van der Waals surface area contributed by atoms with Crippen LogP contribution < -0.4 is 0 Å². The summed E-state index contributed by atoms with van der Waals surface area (Å²) in [5, 5.41) is 0.718. The molecule has 0 saturated carbocycles. The van der Waals surface area contributed by atoms with E-state index in [2.05, 4.69) is 24.9 Å². The molecule has 0 saturated heterocycles. The van der Waals surface area contributed by atoms with Gasteiger partial charge in [-0.05, 0) is 29.5 Å². The molecule has 2 aromatic rings. The fraction of sp³-hybridized carbons (Fsp3) is 0.429. The first kappa shape index (κ1) is 11.2. The van der Waals surface area contributed by atoms with E-state index in [0.717, 1.165) is 10.9 Å².